The fraction of sp³-hybridized carbons (Fsp3) is 0.429. The molecular formula is C14H15ClF3N5O. The lowest BCUT2D eigenvalue weighted by atomic mass is 9.96. The van der Waals surface area contributed by atoms with Crippen LogP contribution in [-0.2, 0) is 22.9 Å². The van der Waals surface area contributed by atoms with Crippen molar-refractivity contribution in [3.63, 3.8) is 0 Å². The maximum Gasteiger partial charge on any atom is 0.416 e. The molecule has 0 aliphatic rings. The summed E-state index contributed by atoms with van der Waals surface area (Å²) in [7, 11) is 0. The number of carbonyl (C=O) groups excluding carboxylic acids is 1. The molecule has 1 aromatic carbocycles. The van der Waals surface area contributed by atoms with Crippen LogP contribution >= 0.6 is 11.6 Å². The lowest BCUT2D eigenvalue weighted by Crippen LogP contribution is -2.26. The molecule has 0 fully saturated rings. The highest BCUT2D eigenvalue weighted by Gasteiger charge is 2.31. The predicted molar refractivity (Wildman–Crippen MR) is 81.6 cm³/mol. The molecule has 0 saturated heterocycles. The number of hydrogen-bond acceptors (Lipinski definition) is 4. The minimum atomic E-state index is -4.53. The number of benzene rings is 1. The molecule has 0 unspecified atom stereocenters. The van der Waals surface area contributed by atoms with Crippen LogP contribution in [0.3, 0.4) is 0 Å². The van der Waals surface area contributed by atoms with E-state index in [2.05, 4.69) is 20.8 Å². The lowest BCUT2D eigenvalue weighted by molar-refractivity contribution is -0.137. The van der Waals surface area contributed by atoms with Gasteiger partial charge in [0.2, 0.25) is 5.91 Å². The molecule has 0 aliphatic carbocycles. The summed E-state index contributed by atoms with van der Waals surface area (Å²) in [4.78, 5) is 12.1. The van der Waals surface area contributed by atoms with E-state index in [4.69, 9.17) is 11.6 Å². The van der Waals surface area contributed by atoms with E-state index in [1.807, 2.05) is 20.8 Å². The molecule has 0 atom stereocenters. The number of aromatic nitrogens is 4. The molecule has 0 radical (unpaired) electrons. The fourth-order valence-corrected chi connectivity index (χ4v) is 2.14. The number of rotatable bonds is 3. The van der Waals surface area contributed by atoms with E-state index in [0.29, 0.717) is 5.82 Å². The van der Waals surface area contributed by atoms with Gasteiger partial charge in [-0.2, -0.15) is 13.2 Å². The summed E-state index contributed by atoms with van der Waals surface area (Å²) in [5.74, 6) is -0.109. The van der Waals surface area contributed by atoms with Crippen molar-refractivity contribution >= 4 is 23.2 Å². The van der Waals surface area contributed by atoms with Gasteiger partial charge >= 0.3 is 6.18 Å². The van der Waals surface area contributed by atoms with Gasteiger partial charge in [-0.1, -0.05) is 32.4 Å². The van der Waals surface area contributed by atoms with E-state index in [9.17, 15) is 18.0 Å². The summed E-state index contributed by atoms with van der Waals surface area (Å²) in [6.45, 7) is 5.37. The van der Waals surface area contributed by atoms with Gasteiger partial charge < -0.3 is 5.32 Å². The molecule has 130 valence electrons. The molecule has 1 amide bonds. The number of nitrogens with zero attached hydrogens (tertiary/aromatic N) is 4. The number of carbonyl (C=O) groups is 1. The standard InChI is InChI=1S/C14H15ClF3N5O/c1-13(2,3)12-20-21-22-23(12)7-11(24)19-10-6-8(14(16,17)18)4-5-9(10)15/h4-6H,7H2,1-3H3,(H,19,24). The Bertz CT molecular complexity index is 752. The third-order valence-electron chi connectivity index (χ3n) is 3.06. The molecule has 0 spiro atoms. The Balaban J connectivity index is 2.18. The number of halogens is 4. The molecule has 24 heavy (non-hydrogen) atoms. The Morgan fingerprint density at radius 2 is 1.96 bits per heavy atom. The van der Waals surface area contributed by atoms with Crippen molar-refractivity contribution in [2.75, 3.05) is 5.32 Å². The van der Waals surface area contributed by atoms with E-state index >= 15 is 0 Å². The van der Waals surface area contributed by atoms with Gasteiger partial charge in [-0.3, -0.25) is 4.79 Å². The van der Waals surface area contributed by atoms with Crippen LogP contribution in [0.1, 0.15) is 32.2 Å². The van der Waals surface area contributed by atoms with Gasteiger partial charge in [0.1, 0.15) is 6.54 Å². The zero-order chi connectivity index (χ0) is 18.1. The van der Waals surface area contributed by atoms with Gasteiger partial charge in [-0.15, -0.1) is 5.10 Å². The quantitative estimate of drug-likeness (QED) is 0.910. The Labute approximate surface area is 141 Å². The van der Waals surface area contributed by atoms with Gasteiger partial charge in [0, 0.05) is 5.41 Å². The van der Waals surface area contributed by atoms with Crippen LogP contribution in [0.15, 0.2) is 18.2 Å². The van der Waals surface area contributed by atoms with Crippen LogP contribution in [-0.4, -0.2) is 26.1 Å². The first-order valence-corrected chi connectivity index (χ1v) is 7.29. The first-order chi connectivity index (χ1) is 11.0. The van der Waals surface area contributed by atoms with Crippen molar-refractivity contribution in [3.8, 4) is 0 Å². The molecule has 2 aromatic rings. The zero-order valence-electron chi connectivity index (χ0n) is 13.1. The number of anilines is 1. The molecule has 1 N–H and O–H groups in total. The Hall–Kier alpha value is -2.16. The van der Waals surface area contributed by atoms with E-state index in [1.165, 1.54) is 4.68 Å². The van der Waals surface area contributed by atoms with Gasteiger partial charge in [0.05, 0.1) is 16.3 Å². The summed E-state index contributed by atoms with van der Waals surface area (Å²) < 4.78 is 39.5. The number of nitrogens with one attached hydrogen (secondary N) is 1. The van der Waals surface area contributed by atoms with E-state index in [1.54, 1.807) is 0 Å². The Morgan fingerprint density at radius 1 is 1.29 bits per heavy atom. The molecule has 2 rings (SSSR count). The molecule has 6 nitrogen and oxygen atoms in total. The number of alkyl halides is 3. The Kier molecular flexibility index (Phi) is 4.84. The smallest absolute Gasteiger partial charge is 0.323 e. The molecule has 10 heteroatoms. The average Bonchev–Trinajstić information content (AvgIpc) is 2.88. The van der Waals surface area contributed by atoms with Crippen molar-refractivity contribution in [1.29, 1.82) is 0 Å². The van der Waals surface area contributed by atoms with Gasteiger partial charge in [0.25, 0.3) is 0 Å². The van der Waals surface area contributed by atoms with Crippen molar-refractivity contribution in [2.45, 2.75) is 38.9 Å². The number of amides is 1. The largest absolute Gasteiger partial charge is 0.416 e. The average molecular weight is 362 g/mol. The molecule has 0 saturated carbocycles. The Morgan fingerprint density at radius 3 is 2.54 bits per heavy atom. The van der Waals surface area contributed by atoms with Crippen molar-refractivity contribution < 1.29 is 18.0 Å². The van der Waals surface area contributed by atoms with Crippen molar-refractivity contribution in [2.24, 2.45) is 0 Å². The van der Waals surface area contributed by atoms with Crippen molar-refractivity contribution in [1.82, 2.24) is 20.2 Å². The summed E-state index contributed by atoms with van der Waals surface area (Å²) in [6.07, 6.45) is -4.53. The molecular weight excluding hydrogens is 347 g/mol. The van der Waals surface area contributed by atoms with Crippen LogP contribution in [0.5, 0.6) is 0 Å². The van der Waals surface area contributed by atoms with Gasteiger partial charge in [-0.25, -0.2) is 4.68 Å². The topological polar surface area (TPSA) is 72.7 Å². The summed E-state index contributed by atoms with van der Waals surface area (Å²) >= 11 is 5.85. The van der Waals surface area contributed by atoms with E-state index < -0.39 is 23.1 Å². The predicted octanol–water partition coefficient (Wildman–Crippen LogP) is 3.28. The molecule has 1 heterocycles. The van der Waals surface area contributed by atoms with Crippen LogP contribution < -0.4 is 5.32 Å². The highest BCUT2D eigenvalue weighted by molar-refractivity contribution is 6.33. The highest BCUT2D eigenvalue weighted by Crippen LogP contribution is 2.33. The van der Waals surface area contributed by atoms with Gasteiger partial charge in [0.15, 0.2) is 5.82 Å². The summed E-state index contributed by atoms with van der Waals surface area (Å²) in [5.41, 5.74) is -1.42. The monoisotopic (exact) mass is 361 g/mol. The zero-order valence-corrected chi connectivity index (χ0v) is 13.9. The second-order valence-electron chi connectivity index (χ2n) is 6.15. The van der Waals surface area contributed by atoms with Crippen molar-refractivity contribution in [3.05, 3.63) is 34.6 Å². The number of hydrogen-bond donors (Lipinski definition) is 1. The molecule has 1 aromatic heterocycles. The van der Waals surface area contributed by atoms with E-state index in [0.717, 1.165) is 18.2 Å². The van der Waals surface area contributed by atoms with E-state index in [-0.39, 0.29) is 17.3 Å². The minimum absolute atomic E-state index is 0.00381. The normalized spacial score (nSPS) is 12.3. The van der Waals surface area contributed by atoms with Gasteiger partial charge in [-0.05, 0) is 28.6 Å². The second kappa shape index (κ2) is 6.39. The minimum Gasteiger partial charge on any atom is -0.323 e. The summed E-state index contributed by atoms with van der Waals surface area (Å²) in [5, 5.41) is 13.5. The molecule has 0 bridgehead atoms. The van der Waals surface area contributed by atoms with Crippen LogP contribution in [0.2, 0.25) is 5.02 Å². The van der Waals surface area contributed by atoms with Crippen LogP contribution in [0.4, 0.5) is 18.9 Å². The third kappa shape index (κ3) is 4.22. The first-order valence-electron chi connectivity index (χ1n) is 6.92. The fourth-order valence-electron chi connectivity index (χ4n) is 1.97. The molecule has 0 aliphatic heterocycles. The highest BCUT2D eigenvalue weighted by atomic mass is 35.5. The summed E-state index contributed by atoms with van der Waals surface area (Å²) in [6, 6.07) is 2.71. The second-order valence-corrected chi connectivity index (χ2v) is 6.56. The van der Waals surface area contributed by atoms with Crippen LogP contribution in [0.25, 0.3) is 0 Å². The number of tetrazole rings is 1. The SMILES string of the molecule is CC(C)(C)c1nnnn1CC(=O)Nc1cc(C(F)(F)F)ccc1Cl. The first kappa shape index (κ1) is 18.2. The van der Waals surface area contributed by atoms with Crippen LogP contribution in [0, 0.1) is 0 Å². The maximum absolute atomic E-state index is 12.7. The lowest BCUT2D eigenvalue weighted by Gasteiger charge is -2.17. The maximum atomic E-state index is 12.7. The third-order valence-corrected chi connectivity index (χ3v) is 3.39.